The molecule has 4 aromatic heterocycles. The minimum Gasteiger partial charge on any atom is -0.476 e. The van der Waals surface area contributed by atoms with Crippen molar-refractivity contribution in [3.8, 4) is 0 Å². The topological polar surface area (TPSA) is 136 Å². The average molecular weight is 549 g/mol. The molecule has 2 bridgehead atoms. The first-order valence-corrected chi connectivity index (χ1v) is 13.5. The fourth-order valence-corrected chi connectivity index (χ4v) is 6.54. The van der Waals surface area contributed by atoms with Crippen molar-refractivity contribution in [2.75, 3.05) is 5.32 Å². The molecule has 4 aromatic rings. The summed E-state index contributed by atoms with van der Waals surface area (Å²) in [4.78, 5) is 38.8. The van der Waals surface area contributed by atoms with Crippen molar-refractivity contribution in [2.45, 2.75) is 76.2 Å². The zero-order valence-electron chi connectivity index (χ0n) is 22.0. The molecule has 3 saturated carbocycles. The zero-order chi connectivity index (χ0) is 27.5. The predicted octanol–water partition coefficient (Wildman–Crippen LogP) is 5.16. The van der Waals surface area contributed by atoms with Crippen molar-refractivity contribution in [3.05, 3.63) is 80.2 Å². The summed E-state index contributed by atoms with van der Waals surface area (Å²) in [5, 5.41) is 17.0. The van der Waals surface area contributed by atoms with Crippen LogP contribution in [0.5, 0.6) is 0 Å². The maximum Gasteiger partial charge on any atom is 0.356 e. The van der Waals surface area contributed by atoms with Gasteiger partial charge in [-0.3, -0.25) is 9.20 Å². The molecule has 0 radical (unpaired) electrons. The second-order valence-electron chi connectivity index (χ2n) is 11.1. The number of pyridine rings is 2. The molecule has 2 N–H and O–H groups in total. The largest absolute Gasteiger partial charge is 0.476 e. The lowest BCUT2D eigenvalue weighted by Gasteiger charge is -2.51. The van der Waals surface area contributed by atoms with E-state index in [1.54, 1.807) is 28.8 Å². The average Bonchev–Trinajstić information content (AvgIpc) is 3.37. The summed E-state index contributed by atoms with van der Waals surface area (Å²) in [6, 6.07) is 6.44. The first kappa shape index (κ1) is 25.5. The summed E-state index contributed by atoms with van der Waals surface area (Å²) in [5.41, 5.74) is 2.83. The molecule has 3 aliphatic rings. The summed E-state index contributed by atoms with van der Waals surface area (Å²) in [6.07, 6.45) is 7.21. The van der Waals surface area contributed by atoms with Gasteiger partial charge in [-0.15, -0.1) is 0 Å². The second kappa shape index (κ2) is 9.15. The zero-order valence-corrected chi connectivity index (χ0v) is 22.7. The molecule has 0 spiro atoms. The van der Waals surface area contributed by atoms with Gasteiger partial charge in [-0.05, 0) is 83.1 Å². The number of carbonyl (C=O) groups is 1. The Morgan fingerprint density at radius 1 is 1.08 bits per heavy atom. The smallest absolute Gasteiger partial charge is 0.356 e. The van der Waals surface area contributed by atoms with Crippen molar-refractivity contribution in [1.82, 2.24) is 24.5 Å². The Balaban J connectivity index is 1.37. The van der Waals surface area contributed by atoms with Crippen LogP contribution >= 0.6 is 11.6 Å². The van der Waals surface area contributed by atoms with Crippen LogP contribution < -0.4 is 10.9 Å². The number of hydrogen-bond donors (Lipinski definition) is 2. The Labute approximate surface area is 229 Å². The lowest BCUT2D eigenvalue weighted by molar-refractivity contribution is 0.0691. The number of aryl methyl sites for hydroxylation is 2. The van der Waals surface area contributed by atoms with Crippen LogP contribution in [-0.4, -0.2) is 35.6 Å². The van der Waals surface area contributed by atoms with Gasteiger partial charge < -0.3 is 14.9 Å². The number of nitrogens with zero attached hydrogens (tertiary/aromatic N) is 5. The monoisotopic (exact) mass is 548 g/mol. The van der Waals surface area contributed by atoms with Gasteiger partial charge in [-0.2, -0.15) is 4.98 Å². The molecular formula is C28H29ClN6O4. The number of anilines is 1. The summed E-state index contributed by atoms with van der Waals surface area (Å²) in [6.45, 7) is 5.67. The van der Waals surface area contributed by atoms with E-state index in [9.17, 15) is 14.7 Å². The van der Waals surface area contributed by atoms with Gasteiger partial charge in [-0.25, -0.2) is 14.8 Å². The van der Waals surface area contributed by atoms with Gasteiger partial charge in [0.2, 0.25) is 5.89 Å². The molecule has 11 heteroatoms. The molecule has 0 aromatic carbocycles. The Morgan fingerprint density at radius 2 is 1.77 bits per heavy atom. The SMILES string of the molecule is Cc1cc([C@@H](C)Nc2ccc(Cl)nc2C(=O)O)c2nc(C34CCC(c5nc(C)no5)(CC3)CC4)cc(=O)n2c1. The Kier molecular flexibility index (Phi) is 5.98. The summed E-state index contributed by atoms with van der Waals surface area (Å²) >= 11 is 5.93. The van der Waals surface area contributed by atoms with Gasteiger partial charge in [0.1, 0.15) is 10.8 Å². The van der Waals surface area contributed by atoms with Gasteiger partial charge in [0, 0.05) is 28.7 Å². The fourth-order valence-electron chi connectivity index (χ4n) is 6.39. The van der Waals surface area contributed by atoms with E-state index in [2.05, 4.69) is 20.4 Å². The van der Waals surface area contributed by atoms with Crippen molar-refractivity contribution in [2.24, 2.45) is 0 Å². The molecule has 0 aliphatic heterocycles. The maximum atomic E-state index is 13.4. The third-order valence-corrected chi connectivity index (χ3v) is 8.81. The van der Waals surface area contributed by atoms with E-state index in [0.717, 1.165) is 61.2 Å². The van der Waals surface area contributed by atoms with E-state index in [1.807, 2.05) is 26.8 Å². The standard InChI is InChI=1S/C28H29ClN6O4/c1-15-12-18(16(2)30-19-4-5-21(29)33-23(19)25(37)38)24-32-20(13-22(36)35(24)14-15)27-6-9-28(10-7-27,11-8-27)26-31-17(3)34-39-26/h4-5,12-14,16,30H,6-11H2,1-3H3,(H,37,38)/t16-,27?,28?/m1/s1. The fraction of sp³-hybridized carbons (Fsp3) is 0.429. The number of fused-ring (bicyclic) bond motifs is 4. The molecule has 4 heterocycles. The maximum absolute atomic E-state index is 13.4. The molecule has 10 nitrogen and oxygen atoms in total. The van der Waals surface area contributed by atoms with Gasteiger partial charge in [-0.1, -0.05) is 16.8 Å². The molecule has 0 saturated heterocycles. The molecule has 7 rings (SSSR count). The van der Waals surface area contributed by atoms with E-state index in [1.165, 1.54) is 0 Å². The van der Waals surface area contributed by atoms with Crippen LogP contribution in [0.25, 0.3) is 5.65 Å². The number of carboxylic acids is 1. The molecule has 0 amide bonds. The molecular weight excluding hydrogens is 520 g/mol. The van der Waals surface area contributed by atoms with Crippen LogP contribution in [0.4, 0.5) is 5.69 Å². The molecule has 1 atom stereocenters. The third-order valence-electron chi connectivity index (χ3n) is 8.60. The lowest BCUT2D eigenvalue weighted by atomic mass is 9.52. The third kappa shape index (κ3) is 4.27. The summed E-state index contributed by atoms with van der Waals surface area (Å²) < 4.78 is 7.17. The highest BCUT2D eigenvalue weighted by Crippen LogP contribution is 2.57. The van der Waals surface area contributed by atoms with Crippen LogP contribution in [0.3, 0.4) is 0 Å². The number of rotatable bonds is 6. The van der Waals surface area contributed by atoms with Crippen LogP contribution in [0.1, 0.15) is 90.5 Å². The molecule has 202 valence electrons. The Morgan fingerprint density at radius 3 is 2.41 bits per heavy atom. The number of aromatic nitrogens is 5. The van der Waals surface area contributed by atoms with Gasteiger partial charge in [0.25, 0.3) is 5.56 Å². The van der Waals surface area contributed by atoms with Crippen LogP contribution in [0.2, 0.25) is 5.15 Å². The second-order valence-corrected chi connectivity index (χ2v) is 11.4. The molecule has 3 fully saturated rings. The van der Waals surface area contributed by atoms with Crippen molar-refractivity contribution in [3.63, 3.8) is 0 Å². The number of aromatic carboxylic acids is 1. The molecule has 39 heavy (non-hydrogen) atoms. The quantitative estimate of drug-likeness (QED) is 0.313. The number of nitrogens with one attached hydrogen (secondary N) is 1. The summed E-state index contributed by atoms with van der Waals surface area (Å²) in [7, 11) is 0. The van der Waals surface area contributed by atoms with Crippen LogP contribution in [-0.2, 0) is 10.8 Å². The molecule has 0 unspecified atom stereocenters. The van der Waals surface area contributed by atoms with E-state index in [4.69, 9.17) is 21.1 Å². The minimum absolute atomic E-state index is 0.0932. The van der Waals surface area contributed by atoms with E-state index < -0.39 is 5.97 Å². The minimum atomic E-state index is -1.18. The number of carboxylic acid groups (broad SMARTS) is 1. The van der Waals surface area contributed by atoms with E-state index in [0.29, 0.717) is 17.2 Å². The first-order chi connectivity index (χ1) is 18.6. The van der Waals surface area contributed by atoms with Gasteiger partial charge >= 0.3 is 5.97 Å². The Bertz CT molecular complexity index is 1650. The van der Waals surface area contributed by atoms with Crippen molar-refractivity contribution >= 4 is 28.9 Å². The predicted molar refractivity (Wildman–Crippen MR) is 145 cm³/mol. The highest BCUT2D eigenvalue weighted by Gasteiger charge is 2.53. The van der Waals surface area contributed by atoms with E-state index in [-0.39, 0.29) is 33.3 Å². The van der Waals surface area contributed by atoms with Crippen LogP contribution in [0.15, 0.2) is 39.8 Å². The van der Waals surface area contributed by atoms with Gasteiger partial charge in [0.05, 0.1) is 17.4 Å². The Hall–Kier alpha value is -3.79. The van der Waals surface area contributed by atoms with Crippen molar-refractivity contribution < 1.29 is 14.4 Å². The van der Waals surface area contributed by atoms with Crippen LogP contribution in [0, 0.1) is 13.8 Å². The highest BCUT2D eigenvalue weighted by atomic mass is 35.5. The number of halogens is 1. The number of hydrogen-bond acceptors (Lipinski definition) is 8. The van der Waals surface area contributed by atoms with E-state index >= 15 is 0 Å². The van der Waals surface area contributed by atoms with Crippen molar-refractivity contribution in [1.29, 1.82) is 0 Å². The first-order valence-electron chi connectivity index (χ1n) is 13.1. The van der Waals surface area contributed by atoms with Gasteiger partial charge in [0.15, 0.2) is 11.5 Å². The normalized spacial score (nSPS) is 23.2. The highest BCUT2D eigenvalue weighted by molar-refractivity contribution is 6.29. The lowest BCUT2D eigenvalue weighted by Crippen LogP contribution is -2.47. The summed E-state index contributed by atoms with van der Waals surface area (Å²) in [5.74, 6) is 0.203. The molecule has 3 aliphatic carbocycles.